The van der Waals surface area contributed by atoms with E-state index < -0.39 is 12.0 Å². The molecular formula is C21H25NO3. The summed E-state index contributed by atoms with van der Waals surface area (Å²) in [5.41, 5.74) is 3.20. The first kappa shape index (κ1) is 18.7. The molecule has 0 spiro atoms. The van der Waals surface area contributed by atoms with Crippen LogP contribution in [0.4, 0.5) is 0 Å². The van der Waals surface area contributed by atoms with E-state index in [1.165, 1.54) is 5.56 Å². The zero-order chi connectivity index (χ0) is 18.2. The number of benzene rings is 2. The molecular weight excluding hydrogens is 314 g/mol. The first-order valence-electron chi connectivity index (χ1n) is 8.58. The minimum atomic E-state index is -1.01. The topological polar surface area (TPSA) is 66.4 Å². The van der Waals surface area contributed by atoms with Crippen molar-refractivity contribution in [3.05, 3.63) is 71.3 Å². The van der Waals surface area contributed by atoms with Crippen LogP contribution < -0.4 is 5.32 Å². The molecule has 0 fully saturated rings. The SMILES string of the molecule is Cc1ccc(C[C@@H](NC(=O)[C@H](C)CCc2ccccc2)C(=O)O)cc1. The second-order valence-electron chi connectivity index (χ2n) is 6.51. The number of carbonyl (C=O) groups excluding carboxylic acids is 1. The smallest absolute Gasteiger partial charge is 0.326 e. The van der Waals surface area contributed by atoms with Crippen LogP contribution in [0, 0.1) is 12.8 Å². The number of carboxylic acids is 1. The number of amides is 1. The highest BCUT2D eigenvalue weighted by Gasteiger charge is 2.23. The van der Waals surface area contributed by atoms with Crippen molar-refractivity contribution in [1.29, 1.82) is 0 Å². The number of hydrogen-bond acceptors (Lipinski definition) is 2. The summed E-state index contributed by atoms with van der Waals surface area (Å²) in [5.74, 6) is -1.46. The maximum atomic E-state index is 12.3. The number of rotatable bonds is 8. The van der Waals surface area contributed by atoms with E-state index in [4.69, 9.17) is 0 Å². The molecule has 0 aliphatic heterocycles. The lowest BCUT2D eigenvalue weighted by Gasteiger charge is -2.18. The molecule has 132 valence electrons. The predicted octanol–water partition coefficient (Wildman–Crippen LogP) is 3.38. The fourth-order valence-corrected chi connectivity index (χ4v) is 2.63. The van der Waals surface area contributed by atoms with Crippen LogP contribution in [0.3, 0.4) is 0 Å². The van der Waals surface area contributed by atoms with Gasteiger partial charge in [-0.25, -0.2) is 4.79 Å². The summed E-state index contributed by atoms with van der Waals surface area (Å²) in [6, 6.07) is 16.7. The van der Waals surface area contributed by atoms with Crippen molar-refractivity contribution in [1.82, 2.24) is 5.32 Å². The molecule has 2 atom stereocenters. The van der Waals surface area contributed by atoms with Crippen LogP contribution in [0.2, 0.25) is 0 Å². The van der Waals surface area contributed by atoms with Crippen molar-refractivity contribution < 1.29 is 14.7 Å². The molecule has 0 heterocycles. The van der Waals surface area contributed by atoms with E-state index in [1.54, 1.807) is 0 Å². The minimum absolute atomic E-state index is 0.213. The highest BCUT2D eigenvalue weighted by molar-refractivity contribution is 5.85. The van der Waals surface area contributed by atoms with E-state index in [2.05, 4.69) is 5.32 Å². The first-order valence-corrected chi connectivity index (χ1v) is 8.58. The van der Waals surface area contributed by atoms with Crippen molar-refractivity contribution in [2.75, 3.05) is 0 Å². The van der Waals surface area contributed by atoms with Crippen molar-refractivity contribution in [3.63, 3.8) is 0 Å². The van der Waals surface area contributed by atoms with Crippen LogP contribution in [-0.2, 0) is 22.4 Å². The molecule has 1 amide bonds. The van der Waals surface area contributed by atoms with Crippen LogP contribution in [0.1, 0.15) is 30.0 Å². The van der Waals surface area contributed by atoms with E-state index in [0.29, 0.717) is 6.42 Å². The average Bonchev–Trinajstić information content (AvgIpc) is 2.61. The molecule has 0 aliphatic carbocycles. The quantitative estimate of drug-likeness (QED) is 0.775. The molecule has 0 aromatic heterocycles. The van der Waals surface area contributed by atoms with Crippen LogP contribution >= 0.6 is 0 Å². The highest BCUT2D eigenvalue weighted by atomic mass is 16.4. The standard InChI is InChI=1S/C21H25NO3/c1-15-8-11-18(12-9-15)14-19(21(24)25)22-20(23)16(2)10-13-17-6-4-3-5-7-17/h3-9,11-12,16,19H,10,13-14H2,1-2H3,(H,22,23)(H,24,25)/t16-,19-/m1/s1. The maximum Gasteiger partial charge on any atom is 0.326 e. The summed E-state index contributed by atoms with van der Waals surface area (Å²) in [6.07, 6.45) is 1.77. The van der Waals surface area contributed by atoms with E-state index in [1.807, 2.05) is 68.4 Å². The second-order valence-corrected chi connectivity index (χ2v) is 6.51. The van der Waals surface area contributed by atoms with Crippen molar-refractivity contribution in [2.45, 2.75) is 39.2 Å². The highest BCUT2D eigenvalue weighted by Crippen LogP contribution is 2.11. The van der Waals surface area contributed by atoms with Gasteiger partial charge in [0.25, 0.3) is 0 Å². The Bertz CT molecular complexity index is 695. The van der Waals surface area contributed by atoms with Crippen molar-refractivity contribution in [3.8, 4) is 0 Å². The van der Waals surface area contributed by atoms with Gasteiger partial charge in [-0.05, 0) is 30.9 Å². The fourth-order valence-electron chi connectivity index (χ4n) is 2.63. The third-order valence-electron chi connectivity index (χ3n) is 4.33. The van der Waals surface area contributed by atoms with Gasteiger partial charge >= 0.3 is 5.97 Å². The molecule has 0 saturated heterocycles. The third-order valence-corrected chi connectivity index (χ3v) is 4.33. The zero-order valence-corrected chi connectivity index (χ0v) is 14.7. The Kier molecular flexibility index (Phi) is 6.75. The molecule has 25 heavy (non-hydrogen) atoms. The summed E-state index contributed by atoms with van der Waals surface area (Å²) in [7, 11) is 0. The number of aliphatic carboxylic acids is 1. The van der Waals surface area contributed by atoms with E-state index in [9.17, 15) is 14.7 Å². The van der Waals surface area contributed by atoms with Gasteiger partial charge in [0.05, 0.1) is 0 Å². The molecule has 0 unspecified atom stereocenters. The molecule has 2 aromatic rings. The fraction of sp³-hybridized carbons (Fsp3) is 0.333. The second kappa shape index (κ2) is 9.02. The van der Waals surface area contributed by atoms with Crippen LogP contribution in [0.15, 0.2) is 54.6 Å². The number of nitrogens with one attached hydrogen (secondary N) is 1. The summed E-state index contributed by atoms with van der Waals surface area (Å²) in [4.78, 5) is 23.8. The Hall–Kier alpha value is -2.62. The number of hydrogen-bond donors (Lipinski definition) is 2. The van der Waals surface area contributed by atoms with Crippen LogP contribution in [0.25, 0.3) is 0 Å². The van der Waals surface area contributed by atoms with E-state index in [-0.39, 0.29) is 18.2 Å². The molecule has 4 heteroatoms. The summed E-state index contributed by atoms with van der Waals surface area (Å²) in [5, 5.41) is 12.1. The van der Waals surface area contributed by atoms with Gasteiger partial charge in [0.15, 0.2) is 0 Å². The average molecular weight is 339 g/mol. The normalized spacial score (nSPS) is 13.0. The number of aryl methyl sites for hydroxylation is 2. The molecule has 2 N–H and O–H groups in total. The third kappa shape index (κ3) is 6.07. The lowest BCUT2D eigenvalue weighted by Crippen LogP contribution is -2.44. The zero-order valence-electron chi connectivity index (χ0n) is 14.7. The summed E-state index contributed by atoms with van der Waals surface area (Å²) >= 11 is 0. The molecule has 2 aromatic carbocycles. The van der Waals surface area contributed by atoms with Gasteiger partial charge in [-0.3, -0.25) is 4.79 Å². The van der Waals surface area contributed by atoms with E-state index in [0.717, 1.165) is 17.5 Å². The number of carbonyl (C=O) groups is 2. The van der Waals surface area contributed by atoms with Crippen LogP contribution in [0.5, 0.6) is 0 Å². The first-order chi connectivity index (χ1) is 12.0. The Morgan fingerprint density at radius 3 is 2.24 bits per heavy atom. The van der Waals surface area contributed by atoms with Gasteiger partial charge in [-0.2, -0.15) is 0 Å². The Morgan fingerprint density at radius 2 is 1.64 bits per heavy atom. The van der Waals surface area contributed by atoms with Crippen molar-refractivity contribution >= 4 is 11.9 Å². The molecule has 0 bridgehead atoms. The predicted molar refractivity (Wildman–Crippen MR) is 98.4 cm³/mol. The van der Waals surface area contributed by atoms with Gasteiger partial charge in [0.2, 0.25) is 5.91 Å². The van der Waals surface area contributed by atoms with Crippen molar-refractivity contribution in [2.24, 2.45) is 5.92 Å². The van der Waals surface area contributed by atoms with Gasteiger partial charge in [-0.15, -0.1) is 0 Å². The van der Waals surface area contributed by atoms with Gasteiger partial charge in [0.1, 0.15) is 6.04 Å². The lowest BCUT2D eigenvalue weighted by atomic mass is 9.99. The molecule has 4 nitrogen and oxygen atoms in total. The minimum Gasteiger partial charge on any atom is -0.480 e. The maximum absolute atomic E-state index is 12.3. The van der Waals surface area contributed by atoms with Crippen LogP contribution in [-0.4, -0.2) is 23.0 Å². The summed E-state index contributed by atoms with van der Waals surface area (Å²) in [6.45, 7) is 3.82. The Morgan fingerprint density at radius 1 is 1.00 bits per heavy atom. The van der Waals surface area contributed by atoms with Gasteiger partial charge in [-0.1, -0.05) is 67.1 Å². The monoisotopic (exact) mass is 339 g/mol. The molecule has 0 radical (unpaired) electrons. The van der Waals surface area contributed by atoms with Gasteiger partial charge < -0.3 is 10.4 Å². The van der Waals surface area contributed by atoms with E-state index >= 15 is 0 Å². The Balaban J connectivity index is 1.90. The largest absolute Gasteiger partial charge is 0.480 e. The number of carboxylic acid groups (broad SMARTS) is 1. The molecule has 0 aliphatic rings. The summed E-state index contributed by atoms with van der Waals surface area (Å²) < 4.78 is 0. The Labute approximate surface area is 148 Å². The molecule has 0 saturated carbocycles. The van der Waals surface area contributed by atoms with Gasteiger partial charge in [0, 0.05) is 12.3 Å². The molecule has 2 rings (SSSR count). The lowest BCUT2D eigenvalue weighted by molar-refractivity contribution is -0.142.